The van der Waals surface area contributed by atoms with Gasteiger partial charge in [0.2, 0.25) is 11.8 Å². The number of likely N-dealkylation sites (tertiary alicyclic amines) is 1. The number of halogens is 3. The Morgan fingerprint density at radius 3 is 2.30 bits per heavy atom. The summed E-state index contributed by atoms with van der Waals surface area (Å²) in [5, 5.41) is 12.9. The van der Waals surface area contributed by atoms with Gasteiger partial charge >= 0.3 is 6.18 Å². The van der Waals surface area contributed by atoms with E-state index in [0.29, 0.717) is 25.5 Å². The SMILES string of the molecule is N#Cc1c(OCC(F)(F)F)nc(NCCN2CCCC2)nc1N1CCc2ccccc2CC1. The van der Waals surface area contributed by atoms with E-state index in [4.69, 9.17) is 4.74 Å². The van der Waals surface area contributed by atoms with E-state index >= 15 is 0 Å². The van der Waals surface area contributed by atoms with Gasteiger partial charge in [-0.3, -0.25) is 0 Å². The number of aromatic nitrogens is 2. The third-order valence-electron chi connectivity index (χ3n) is 5.97. The van der Waals surface area contributed by atoms with Crippen LogP contribution in [0.25, 0.3) is 0 Å². The van der Waals surface area contributed by atoms with E-state index in [1.54, 1.807) is 0 Å². The third-order valence-corrected chi connectivity index (χ3v) is 5.97. The molecule has 2 aliphatic rings. The molecular weight excluding hydrogens is 433 g/mol. The van der Waals surface area contributed by atoms with Crippen molar-refractivity contribution in [1.82, 2.24) is 14.9 Å². The van der Waals surface area contributed by atoms with Crippen LogP contribution in [0.15, 0.2) is 24.3 Å². The van der Waals surface area contributed by atoms with Gasteiger partial charge in [0.15, 0.2) is 18.0 Å². The fourth-order valence-electron chi connectivity index (χ4n) is 4.30. The van der Waals surface area contributed by atoms with Crippen LogP contribution >= 0.6 is 0 Å². The summed E-state index contributed by atoms with van der Waals surface area (Å²) in [4.78, 5) is 12.9. The molecule has 2 aromatic rings. The van der Waals surface area contributed by atoms with Gasteiger partial charge in [0.25, 0.3) is 0 Å². The molecule has 0 aliphatic carbocycles. The van der Waals surface area contributed by atoms with E-state index in [1.807, 2.05) is 23.1 Å². The summed E-state index contributed by atoms with van der Waals surface area (Å²) in [6.45, 7) is 3.08. The molecule has 2 aliphatic heterocycles. The van der Waals surface area contributed by atoms with Crippen molar-refractivity contribution in [3.8, 4) is 11.9 Å². The van der Waals surface area contributed by atoms with Gasteiger partial charge in [-0.1, -0.05) is 24.3 Å². The molecule has 1 aromatic heterocycles. The van der Waals surface area contributed by atoms with Crippen LogP contribution in [0.3, 0.4) is 0 Å². The Labute approximate surface area is 191 Å². The first-order valence-corrected chi connectivity index (χ1v) is 11.2. The third kappa shape index (κ3) is 6.05. The summed E-state index contributed by atoms with van der Waals surface area (Å²) in [7, 11) is 0. The Morgan fingerprint density at radius 2 is 1.70 bits per heavy atom. The molecule has 1 N–H and O–H groups in total. The highest BCUT2D eigenvalue weighted by molar-refractivity contribution is 5.61. The normalized spacial score (nSPS) is 16.7. The number of benzene rings is 1. The average molecular weight is 461 g/mol. The van der Waals surface area contributed by atoms with Gasteiger partial charge in [-0.25, -0.2) is 0 Å². The molecule has 1 saturated heterocycles. The van der Waals surface area contributed by atoms with Crippen LogP contribution < -0.4 is 15.0 Å². The quantitative estimate of drug-likeness (QED) is 0.679. The van der Waals surface area contributed by atoms with Crippen LogP contribution in [0.4, 0.5) is 24.9 Å². The van der Waals surface area contributed by atoms with Crippen LogP contribution in [0.2, 0.25) is 0 Å². The molecule has 0 atom stereocenters. The van der Waals surface area contributed by atoms with Crippen molar-refractivity contribution in [3.63, 3.8) is 0 Å². The first kappa shape index (κ1) is 23.1. The molecule has 0 amide bonds. The molecule has 3 heterocycles. The van der Waals surface area contributed by atoms with Crippen molar-refractivity contribution in [2.75, 3.05) is 56.1 Å². The van der Waals surface area contributed by atoms with Gasteiger partial charge in [-0.2, -0.15) is 28.4 Å². The van der Waals surface area contributed by atoms with E-state index in [0.717, 1.165) is 32.5 Å². The molecular formula is C23H27F3N6O. The predicted octanol–water partition coefficient (Wildman–Crippen LogP) is 3.40. The zero-order valence-electron chi connectivity index (χ0n) is 18.4. The van der Waals surface area contributed by atoms with E-state index in [-0.39, 0.29) is 17.4 Å². The number of anilines is 2. The van der Waals surface area contributed by atoms with E-state index in [1.165, 1.54) is 24.0 Å². The van der Waals surface area contributed by atoms with Crippen molar-refractivity contribution < 1.29 is 17.9 Å². The van der Waals surface area contributed by atoms with Crippen LogP contribution in [-0.4, -0.2) is 66.9 Å². The van der Waals surface area contributed by atoms with Crippen molar-refractivity contribution in [1.29, 1.82) is 5.26 Å². The Morgan fingerprint density at radius 1 is 1.03 bits per heavy atom. The number of ether oxygens (including phenoxy) is 1. The second kappa shape index (κ2) is 10.3. The first-order chi connectivity index (χ1) is 15.9. The molecule has 7 nitrogen and oxygen atoms in total. The van der Waals surface area contributed by atoms with E-state index in [9.17, 15) is 18.4 Å². The fraction of sp³-hybridized carbons (Fsp3) is 0.522. The maximum absolute atomic E-state index is 12.8. The number of nitrogens with zero attached hydrogens (tertiary/aromatic N) is 5. The minimum absolute atomic E-state index is 0.0738. The monoisotopic (exact) mass is 460 g/mol. The first-order valence-electron chi connectivity index (χ1n) is 11.2. The standard InChI is InChI=1S/C23H27F3N6O/c24-23(25,26)16-33-21-19(15-27)20(29-22(30-21)28-9-14-31-10-3-4-11-31)32-12-7-17-5-1-2-6-18(17)8-13-32/h1-2,5-6H,3-4,7-14,16H2,(H,28,29,30). The largest absolute Gasteiger partial charge is 0.467 e. The number of nitrogens with one attached hydrogen (secondary N) is 1. The van der Waals surface area contributed by atoms with Gasteiger partial charge in [0.1, 0.15) is 6.07 Å². The second-order valence-electron chi connectivity index (χ2n) is 8.30. The van der Waals surface area contributed by atoms with Crippen molar-refractivity contribution in [2.24, 2.45) is 0 Å². The minimum atomic E-state index is -4.54. The molecule has 33 heavy (non-hydrogen) atoms. The molecule has 0 bridgehead atoms. The molecule has 0 saturated carbocycles. The molecule has 0 unspecified atom stereocenters. The highest BCUT2D eigenvalue weighted by Crippen LogP contribution is 2.30. The Hall–Kier alpha value is -3.06. The van der Waals surface area contributed by atoms with Gasteiger partial charge in [-0.15, -0.1) is 0 Å². The number of alkyl halides is 3. The Bertz CT molecular complexity index is 974. The summed E-state index contributed by atoms with van der Waals surface area (Å²) >= 11 is 0. The minimum Gasteiger partial charge on any atom is -0.467 e. The number of hydrogen-bond donors (Lipinski definition) is 1. The number of nitriles is 1. The van der Waals surface area contributed by atoms with Crippen LogP contribution in [0.1, 0.15) is 29.5 Å². The lowest BCUT2D eigenvalue weighted by Gasteiger charge is -2.24. The average Bonchev–Trinajstić information content (AvgIpc) is 3.22. The molecule has 0 spiro atoms. The lowest BCUT2D eigenvalue weighted by Crippen LogP contribution is -2.30. The zero-order chi connectivity index (χ0) is 23.3. The van der Waals surface area contributed by atoms with Gasteiger partial charge in [0, 0.05) is 26.2 Å². The van der Waals surface area contributed by atoms with Crippen molar-refractivity contribution in [2.45, 2.75) is 31.9 Å². The van der Waals surface area contributed by atoms with Crippen molar-refractivity contribution in [3.05, 3.63) is 41.0 Å². The summed E-state index contributed by atoms with van der Waals surface area (Å²) < 4.78 is 43.5. The molecule has 176 valence electrons. The fourth-order valence-corrected chi connectivity index (χ4v) is 4.30. The van der Waals surface area contributed by atoms with E-state index in [2.05, 4.69) is 32.3 Å². The smallest absolute Gasteiger partial charge is 0.422 e. The summed E-state index contributed by atoms with van der Waals surface area (Å²) in [5.41, 5.74) is 2.38. The summed E-state index contributed by atoms with van der Waals surface area (Å²) in [6, 6.07) is 10.1. The summed E-state index contributed by atoms with van der Waals surface area (Å²) in [6.07, 6.45) is -0.691. The Balaban J connectivity index is 1.58. The number of fused-ring (bicyclic) bond motifs is 1. The maximum atomic E-state index is 12.8. The second-order valence-corrected chi connectivity index (χ2v) is 8.30. The zero-order valence-corrected chi connectivity index (χ0v) is 18.4. The number of rotatable bonds is 7. The highest BCUT2D eigenvalue weighted by atomic mass is 19.4. The maximum Gasteiger partial charge on any atom is 0.422 e. The van der Waals surface area contributed by atoms with Crippen LogP contribution in [0.5, 0.6) is 5.88 Å². The number of hydrogen-bond acceptors (Lipinski definition) is 7. The Kier molecular flexibility index (Phi) is 7.18. The van der Waals surface area contributed by atoms with E-state index < -0.39 is 12.8 Å². The highest BCUT2D eigenvalue weighted by Gasteiger charge is 2.31. The molecule has 1 fully saturated rings. The van der Waals surface area contributed by atoms with Crippen molar-refractivity contribution >= 4 is 11.8 Å². The molecule has 1 aromatic carbocycles. The van der Waals surface area contributed by atoms with Gasteiger partial charge in [-0.05, 0) is 49.9 Å². The van der Waals surface area contributed by atoms with Crippen LogP contribution in [-0.2, 0) is 12.8 Å². The molecule has 10 heteroatoms. The molecule has 0 radical (unpaired) electrons. The molecule has 4 rings (SSSR count). The predicted molar refractivity (Wildman–Crippen MR) is 119 cm³/mol. The van der Waals surface area contributed by atoms with Crippen LogP contribution in [0, 0.1) is 11.3 Å². The summed E-state index contributed by atoms with van der Waals surface area (Å²) in [5.74, 6) is 0.133. The lowest BCUT2D eigenvalue weighted by molar-refractivity contribution is -0.154. The van der Waals surface area contributed by atoms with Gasteiger partial charge < -0.3 is 19.9 Å². The van der Waals surface area contributed by atoms with Gasteiger partial charge in [0.05, 0.1) is 0 Å². The lowest BCUT2D eigenvalue weighted by atomic mass is 10.0. The topological polar surface area (TPSA) is 77.3 Å².